The molecule has 23 heavy (non-hydrogen) atoms. The number of hydrogen-bond donors (Lipinski definition) is 1. The number of halogens is 1. The highest BCUT2D eigenvalue weighted by molar-refractivity contribution is 5.97. The van der Waals surface area contributed by atoms with Gasteiger partial charge < -0.3 is 10.1 Å². The fourth-order valence-corrected chi connectivity index (χ4v) is 2.22. The number of rotatable bonds is 8. The molecule has 6 heteroatoms. The molecule has 0 heterocycles. The molecule has 1 aliphatic carbocycles. The van der Waals surface area contributed by atoms with Crippen molar-refractivity contribution in [3.8, 4) is 0 Å². The molecule has 0 radical (unpaired) electrons. The molecule has 0 aliphatic heterocycles. The van der Waals surface area contributed by atoms with Crippen molar-refractivity contribution in [3.05, 3.63) is 35.6 Å². The third-order valence-corrected chi connectivity index (χ3v) is 3.80. The maximum Gasteiger partial charge on any atom is 0.306 e. The van der Waals surface area contributed by atoms with Gasteiger partial charge >= 0.3 is 5.97 Å². The zero-order chi connectivity index (χ0) is 16.8. The first-order valence-electron chi connectivity index (χ1n) is 7.69. The minimum Gasteiger partial charge on any atom is -0.456 e. The Kier molecular flexibility index (Phi) is 5.84. The molecule has 1 N–H and O–H groups in total. The van der Waals surface area contributed by atoms with E-state index in [1.54, 1.807) is 0 Å². The molecule has 1 aromatic rings. The molecule has 1 saturated carbocycles. The number of carbonyl (C=O) groups is 3. The van der Waals surface area contributed by atoms with Gasteiger partial charge in [0.25, 0.3) is 5.91 Å². The fourth-order valence-electron chi connectivity index (χ4n) is 2.22. The van der Waals surface area contributed by atoms with Crippen molar-refractivity contribution >= 4 is 17.7 Å². The van der Waals surface area contributed by atoms with Crippen LogP contribution in [0, 0.1) is 11.7 Å². The molecule has 0 bridgehead atoms. The number of Topliss-reactive ketones (excluding diaryl/α,β-unsaturated/α-hetero) is 1. The number of benzene rings is 1. The van der Waals surface area contributed by atoms with E-state index in [1.807, 2.05) is 6.92 Å². The van der Waals surface area contributed by atoms with Crippen LogP contribution in [0.1, 0.15) is 43.0 Å². The zero-order valence-electron chi connectivity index (χ0n) is 13.0. The van der Waals surface area contributed by atoms with Gasteiger partial charge in [0.15, 0.2) is 12.4 Å². The first-order chi connectivity index (χ1) is 11.0. The Labute approximate surface area is 134 Å². The van der Waals surface area contributed by atoms with Crippen LogP contribution in [0.3, 0.4) is 0 Å². The first-order valence-corrected chi connectivity index (χ1v) is 7.69. The second-order valence-electron chi connectivity index (χ2n) is 5.78. The lowest BCUT2D eigenvalue weighted by molar-refractivity contribution is -0.148. The van der Waals surface area contributed by atoms with E-state index in [0.29, 0.717) is 11.5 Å². The number of ketones is 1. The number of carbonyl (C=O) groups excluding carboxylic acids is 3. The predicted octanol–water partition coefficient (Wildman–Crippen LogP) is 2.25. The number of esters is 1. The third-order valence-electron chi connectivity index (χ3n) is 3.80. The molecule has 1 aromatic carbocycles. The average molecular weight is 321 g/mol. The summed E-state index contributed by atoms with van der Waals surface area (Å²) < 4.78 is 17.6. The molecular formula is C17H20FNO4. The lowest BCUT2D eigenvalue weighted by Crippen LogP contribution is -2.37. The molecule has 0 aromatic heterocycles. The predicted molar refractivity (Wildman–Crippen MR) is 81.3 cm³/mol. The van der Waals surface area contributed by atoms with Gasteiger partial charge in [-0.05, 0) is 49.9 Å². The summed E-state index contributed by atoms with van der Waals surface area (Å²) in [7, 11) is 0. The van der Waals surface area contributed by atoms with Gasteiger partial charge in [0.05, 0.1) is 6.42 Å². The summed E-state index contributed by atoms with van der Waals surface area (Å²) >= 11 is 0. The Morgan fingerprint density at radius 2 is 1.87 bits per heavy atom. The van der Waals surface area contributed by atoms with Crippen molar-refractivity contribution in [2.45, 2.75) is 38.6 Å². The smallest absolute Gasteiger partial charge is 0.306 e. The summed E-state index contributed by atoms with van der Waals surface area (Å²) in [6.45, 7) is 1.60. The van der Waals surface area contributed by atoms with E-state index < -0.39 is 11.8 Å². The molecule has 2 rings (SSSR count). The lowest BCUT2D eigenvalue weighted by Gasteiger charge is -2.12. The number of nitrogens with one attached hydrogen (secondary N) is 1. The summed E-state index contributed by atoms with van der Waals surface area (Å²) in [5.41, 5.74) is 0.343. The number of amides is 1. The van der Waals surface area contributed by atoms with Gasteiger partial charge in [0.1, 0.15) is 5.82 Å². The topological polar surface area (TPSA) is 72.5 Å². The SMILES string of the molecule is C[C@H](NC(=O)COC(=O)CCC(=O)c1ccc(F)cc1)C1CC1. The highest BCUT2D eigenvalue weighted by atomic mass is 19.1. The monoisotopic (exact) mass is 321 g/mol. The van der Waals surface area contributed by atoms with Crippen molar-refractivity contribution in [2.75, 3.05) is 6.61 Å². The zero-order valence-corrected chi connectivity index (χ0v) is 13.0. The Morgan fingerprint density at radius 1 is 1.22 bits per heavy atom. The van der Waals surface area contributed by atoms with E-state index >= 15 is 0 Å². The summed E-state index contributed by atoms with van der Waals surface area (Å²) in [6.07, 6.45) is 2.09. The lowest BCUT2D eigenvalue weighted by atomic mass is 10.1. The first kappa shape index (κ1) is 17.1. The fraction of sp³-hybridized carbons (Fsp3) is 0.471. The molecule has 1 amide bonds. The number of hydrogen-bond acceptors (Lipinski definition) is 4. The Bertz CT molecular complexity index is 581. The molecule has 0 spiro atoms. The van der Waals surface area contributed by atoms with Gasteiger partial charge in [0.2, 0.25) is 0 Å². The van der Waals surface area contributed by atoms with Crippen LogP contribution in [0.25, 0.3) is 0 Å². The van der Waals surface area contributed by atoms with Crippen LogP contribution in [-0.4, -0.2) is 30.3 Å². The van der Waals surface area contributed by atoms with Crippen LogP contribution in [0.2, 0.25) is 0 Å². The minimum atomic E-state index is -0.602. The molecular weight excluding hydrogens is 301 g/mol. The van der Waals surface area contributed by atoms with Crippen molar-refractivity contribution in [2.24, 2.45) is 5.92 Å². The van der Waals surface area contributed by atoms with E-state index in [1.165, 1.54) is 24.3 Å². The van der Waals surface area contributed by atoms with Gasteiger partial charge in [0, 0.05) is 18.0 Å². The van der Waals surface area contributed by atoms with Crippen LogP contribution in [-0.2, 0) is 14.3 Å². The minimum absolute atomic E-state index is 0.0371. The van der Waals surface area contributed by atoms with E-state index in [0.717, 1.165) is 12.8 Å². The Balaban J connectivity index is 1.65. The van der Waals surface area contributed by atoms with Crippen LogP contribution >= 0.6 is 0 Å². The van der Waals surface area contributed by atoms with Gasteiger partial charge in [-0.1, -0.05) is 0 Å². The van der Waals surface area contributed by atoms with Gasteiger partial charge in [-0.15, -0.1) is 0 Å². The average Bonchev–Trinajstić information content (AvgIpc) is 3.36. The van der Waals surface area contributed by atoms with Crippen molar-refractivity contribution in [3.63, 3.8) is 0 Å². The molecule has 0 unspecified atom stereocenters. The largest absolute Gasteiger partial charge is 0.456 e. The van der Waals surface area contributed by atoms with E-state index in [2.05, 4.69) is 5.32 Å². The van der Waals surface area contributed by atoms with Crippen LogP contribution in [0.5, 0.6) is 0 Å². The van der Waals surface area contributed by atoms with Crippen molar-refractivity contribution in [1.82, 2.24) is 5.32 Å². The molecule has 1 aliphatic rings. The molecule has 0 saturated heterocycles. The maximum atomic E-state index is 12.8. The molecule has 1 fully saturated rings. The van der Waals surface area contributed by atoms with Crippen LogP contribution in [0.15, 0.2) is 24.3 Å². The Hall–Kier alpha value is -2.24. The van der Waals surface area contributed by atoms with Crippen LogP contribution in [0.4, 0.5) is 4.39 Å². The van der Waals surface area contributed by atoms with Crippen molar-refractivity contribution < 1.29 is 23.5 Å². The quantitative estimate of drug-likeness (QED) is 0.589. The summed E-state index contributed by atoms with van der Waals surface area (Å²) in [5, 5.41) is 2.77. The normalized spacial score (nSPS) is 14.9. The highest BCUT2D eigenvalue weighted by Crippen LogP contribution is 2.32. The van der Waals surface area contributed by atoms with Gasteiger partial charge in [-0.2, -0.15) is 0 Å². The highest BCUT2D eigenvalue weighted by Gasteiger charge is 2.28. The summed E-state index contributed by atoms with van der Waals surface area (Å²) in [6, 6.07) is 5.22. The second-order valence-corrected chi connectivity index (χ2v) is 5.78. The van der Waals surface area contributed by atoms with Gasteiger partial charge in [-0.25, -0.2) is 4.39 Å². The summed E-state index contributed by atoms with van der Waals surface area (Å²) in [4.78, 5) is 35.0. The molecule has 1 atom stereocenters. The second kappa shape index (κ2) is 7.85. The van der Waals surface area contributed by atoms with E-state index in [4.69, 9.17) is 4.74 Å². The standard InChI is InChI=1S/C17H20FNO4/c1-11(12-2-3-12)19-16(21)10-23-17(22)9-8-15(20)13-4-6-14(18)7-5-13/h4-7,11-12H,2-3,8-10H2,1H3,(H,19,21)/t11-/m0/s1. The van der Waals surface area contributed by atoms with Crippen LogP contribution < -0.4 is 5.32 Å². The molecule has 124 valence electrons. The third kappa shape index (κ3) is 5.81. The molecule has 5 nitrogen and oxygen atoms in total. The van der Waals surface area contributed by atoms with Crippen molar-refractivity contribution in [1.29, 1.82) is 0 Å². The van der Waals surface area contributed by atoms with E-state index in [-0.39, 0.29) is 37.2 Å². The number of ether oxygens (including phenoxy) is 1. The van der Waals surface area contributed by atoms with Gasteiger partial charge in [-0.3, -0.25) is 14.4 Å². The van der Waals surface area contributed by atoms with E-state index in [9.17, 15) is 18.8 Å². The summed E-state index contributed by atoms with van der Waals surface area (Å²) in [5.74, 6) is -1.10. The Morgan fingerprint density at radius 3 is 2.48 bits per heavy atom. The maximum absolute atomic E-state index is 12.8.